The lowest BCUT2D eigenvalue weighted by Gasteiger charge is -2.19. The number of hydrogen-bond acceptors (Lipinski definition) is 6. The van der Waals surface area contributed by atoms with E-state index in [-0.39, 0.29) is 23.5 Å². The van der Waals surface area contributed by atoms with Crippen LogP contribution >= 0.6 is 0 Å². The lowest BCUT2D eigenvalue weighted by Crippen LogP contribution is -2.23. The number of ether oxygens (including phenoxy) is 2. The maximum Gasteiger partial charge on any atom is 0.292 e. The maximum atomic E-state index is 12.2. The smallest absolute Gasteiger partial charge is 0.292 e. The number of nitrogens with two attached hydrogens (primary N) is 1. The molecule has 0 saturated carbocycles. The first-order valence-electron chi connectivity index (χ1n) is 7.25. The molecule has 8 heteroatoms. The Bertz CT molecular complexity index is 806. The predicted octanol–water partition coefficient (Wildman–Crippen LogP) is 1.88. The Morgan fingerprint density at radius 1 is 1.17 bits per heavy atom. The molecule has 3 N–H and O–H groups in total. The zero-order valence-electron chi connectivity index (χ0n) is 12.7. The largest absolute Gasteiger partial charge is 0.486 e. The van der Waals surface area contributed by atoms with E-state index in [1.807, 2.05) is 6.07 Å². The van der Waals surface area contributed by atoms with Crippen molar-refractivity contribution in [3.63, 3.8) is 0 Å². The van der Waals surface area contributed by atoms with Gasteiger partial charge in [0.05, 0.1) is 4.92 Å². The van der Waals surface area contributed by atoms with Crippen LogP contribution in [0.2, 0.25) is 0 Å². The van der Waals surface area contributed by atoms with E-state index in [0.29, 0.717) is 24.7 Å². The van der Waals surface area contributed by atoms with E-state index >= 15 is 0 Å². The van der Waals surface area contributed by atoms with E-state index in [9.17, 15) is 14.9 Å². The molecular formula is C16H15N3O5. The van der Waals surface area contributed by atoms with Gasteiger partial charge in [0.15, 0.2) is 11.5 Å². The van der Waals surface area contributed by atoms with Gasteiger partial charge in [-0.1, -0.05) is 6.07 Å². The SMILES string of the molecule is Nc1ccc(C(=O)NCc2ccc3c(c2)OCCO3)cc1[N+](=O)[O-]. The van der Waals surface area contributed by atoms with Crippen LogP contribution in [0.4, 0.5) is 11.4 Å². The summed E-state index contributed by atoms with van der Waals surface area (Å²) in [4.78, 5) is 22.4. The Kier molecular flexibility index (Phi) is 4.19. The molecule has 8 nitrogen and oxygen atoms in total. The Labute approximate surface area is 137 Å². The molecule has 2 aromatic rings. The highest BCUT2D eigenvalue weighted by atomic mass is 16.6. The van der Waals surface area contributed by atoms with Crippen molar-refractivity contribution in [1.29, 1.82) is 0 Å². The minimum Gasteiger partial charge on any atom is -0.486 e. The third-order valence-electron chi connectivity index (χ3n) is 3.55. The molecule has 1 aliphatic heterocycles. The molecule has 24 heavy (non-hydrogen) atoms. The topological polar surface area (TPSA) is 117 Å². The average molecular weight is 329 g/mol. The second kappa shape index (κ2) is 6.45. The Hall–Kier alpha value is -3.29. The van der Waals surface area contributed by atoms with Gasteiger partial charge in [-0.2, -0.15) is 0 Å². The number of carbonyl (C=O) groups is 1. The van der Waals surface area contributed by atoms with Crippen LogP contribution in [0.25, 0.3) is 0 Å². The molecule has 0 bridgehead atoms. The summed E-state index contributed by atoms with van der Waals surface area (Å²) in [6.07, 6.45) is 0. The molecule has 1 amide bonds. The van der Waals surface area contributed by atoms with Gasteiger partial charge in [0.25, 0.3) is 11.6 Å². The van der Waals surface area contributed by atoms with Crippen LogP contribution in [-0.4, -0.2) is 24.0 Å². The number of carbonyl (C=O) groups excluding carboxylic acids is 1. The van der Waals surface area contributed by atoms with Crippen molar-refractivity contribution < 1.29 is 19.2 Å². The van der Waals surface area contributed by atoms with E-state index < -0.39 is 10.8 Å². The molecule has 1 aliphatic rings. The van der Waals surface area contributed by atoms with Crippen LogP contribution in [0.3, 0.4) is 0 Å². The summed E-state index contributed by atoms with van der Waals surface area (Å²) in [5.74, 6) is 0.884. The number of benzene rings is 2. The number of nitrogens with zero attached hydrogens (tertiary/aromatic N) is 1. The summed E-state index contributed by atoms with van der Waals surface area (Å²) in [7, 11) is 0. The molecule has 0 fully saturated rings. The van der Waals surface area contributed by atoms with Crippen molar-refractivity contribution in [2.75, 3.05) is 18.9 Å². The number of nitrogens with one attached hydrogen (secondary N) is 1. The average Bonchev–Trinajstić information content (AvgIpc) is 2.59. The van der Waals surface area contributed by atoms with Crippen LogP contribution in [-0.2, 0) is 6.54 Å². The fourth-order valence-corrected chi connectivity index (χ4v) is 2.33. The van der Waals surface area contributed by atoms with Crippen LogP contribution < -0.4 is 20.5 Å². The number of nitrogen functional groups attached to an aromatic ring is 1. The summed E-state index contributed by atoms with van der Waals surface area (Å²) in [6.45, 7) is 1.25. The number of nitro benzene ring substituents is 1. The highest BCUT2D eigenvalue weighted by Crippen LogP contribution is 2.30. The number of anilines is 1. The van der Waals surface area contributed by atoms with Crippen LogP contribution in [0.5, 0.6) is 11.5 Å². The van der Waals surface area contributed by atoms with Gasteiger partial charge in [-0.05, 0) is 29.8 Å². The number of nitro groups is 1. The van der Waals surface area contributed by atoms with E-state index in [4.69, 9.17) is 15.2 Å². The molecule has 0 aliphatic carbocycles. The van der Waals surface area contributed by atoms with Crippen molar-refractivity contribution >= 4 is 17.3 Å². The van der Waals surface area contributed by atoms with Crippen LogP contribution in [0.1, 0.15) is 15.9 Å². The van der Waals surface area contributed by atoms with E-state index in [1.54, 1.807) is 12.1 Å². The van der Waals surface area contributed by atoms with Crippen LogP contribution in [0.15, 0.2) is 36.4 Å². The molecule has 0 saturated heterocycles. The van der Waals surface area contributed by atoms with Gasteiger partial charge >= 0.3 is 0 Å². The fraction of sp³-hybridized carbons (Fsp3) is 0.188. The molecule has 2 aromatic carbocycles. The van der Waals surface area contributed by atoms with Gasteiger partial charge in [-0.3, -0.25) is 14.9 Å². The van der Waals surface area contributed by atoms with Crippen molar-refractivity contribution in [2.24, 2.45) is 0 Å². The normalized spacial score (nSPS) is 12.5. The van der Waals surface area contributed by atoms with Gasteiger partial charge in [-0.15, -0.1) is 0 Å². The first kappa shape index (κ1) is 15.6. The predicted molar refractivity (Wildman–Crippen MR) is 86.1 cm³/mol. The number of fused-ring (bicyclic) bond motifs is 1. The Balaban J connectivity index is 1.69. The third-order valence-corrected chi connectivity index (χ3v) is 3.55. The maximum absolute atomic E-state index is 12.2. The van der Waals surface area contributed by atoms with Gasteiger partial charge < -0.3 is 20.5 Å². The number of hydrogen-bond donors (Lipinski definition) is 2. The molecule has 0 unspecified atom stereocenters. The van der Waals surface area contributed by atoms with Crippen molar-refractivity contribution in [2.45, 2.75) is 6.54 Å². The Morgan fingerprint density at radius 2 is 1.92 bits per heavy atom. The lowest BCUT2D eigenvalue weighted by molar-refractivity contribution is -0.383. The zero-order valence-corrected chi connectivity index (χ0v) is 12.7. The van der Waals surface area contributed by atoms with E-state index in [1.165, 1.54) is 12.1 Å². The first-order valence-corrected chi connectivity index (χ1v) is 7.25. The van der Waals surface area contributed by atoms with Gasteiger partial charge in [-0.25, -0.2) is 0 Å². The fourth-order valence-electron chi connectivity index (χ4n) is 2.33. The lowest BCUT2D eigenvalue weighted by atomic mass is 10.1. The van der Waals surface area contributed by atoms with Crippen molar-refractivity contribution in [3.8, 4) is 11.5 Å². The summed E-state index contributed by atoms with van der Waals surface area (Å²) >= 11 is 0. The molecule has 0 atom stereocenters. The minimum absolute atomic E-state index is 0.0170. The molecule has 0 spiro atoms. The summed E-state index contributed by atoms with van der Waals surface area (Å²) in [5.41, 5.74) is 6.25. The summed E-state index contributed by atoms with van der Waals surface area (Å²) in [5, 5.41) is 13.6. The molecule has 124 valence electrons. The molecule has 0 radical (unpaired) electrons. The van der Waals surface area contributed by atoms with Gasteiger partial charge in [0.2, 0.25) is 0 Å². The quantitative estimate of drug-likeness (QED) is 0.502. The Morgan fingerprint density at radius 3 is 2.67 bits per heavy atom. The monoisotopic (exact) mass is 329 g/mol. The summed E-state index contributed by atoms with van der Waals surface area (Å²) in [6, 6.07) is 9.34. The van der Waals surface area contributed by atoms with Crippen molar-refractivity contribution in [3.05, 3.63) is 57.6 Å². The van der Waals surface area contributed by atoms with Gasteiger partial charge in [0.1, 0.15) is 18.9 Å². The highest BCUT2D eigenvalue weighted by molar-refractivity contribution is 5.95. The minimum atomic E-state index is -0.618. The highest BCUT2D eigenvalue weighted by Gasteiger charge is 2.16. The van der Waals surface area contributed by atoms with Crippen molar-refractivity contribution in [1.82, 2.24) is 5.32 Å². The second-order valence-corrected chi connectivity index (χ2v) is 5.19. The number of amides is 1. The van der Waals surface area contributed by atoms with Crippen LogP contribution in [0, 0.1) is 10.1 Å². The summed E-state index contributed by atoms with van der Waals surface area (Å²) < 4.78 is 10.9. The molecule has 0 aromatic heterocycles. The molecular weight excluding hydrogens is 314 g/mol. The third kappa shape index (κ3) is 3.22. The first-order chi connectivity index (χ1) is 11.5. The standard InChI is InChI=1S/C16H15N3O5/c17-12-3-2-11(8-13(12)19(21)22)16(20)18-9-10-1-4-14-15(7-10)24-6-5-23-14/h1-4,7-8H,5-6,9,17H2,(H,18,20). The van der Waals surface area contributed by atoms with Gasteiger partial charge in [0, 0.05) is 18.2 Å². The van der Waals surface area contributed by atoms with E-state index in [2.05, 4.69) is 5.32 Å². The van der Waals surface area contributed by atoms with E-state index in [0.717, 1.165) is 11.6 Å². The zero-order chi connectivity index (χ0) is 17.1. The second-order valence-electron chi connectivity index (χ2n) is 5.19. The molecule has 1 heterocycles. The molecule has 3 rings (SSSR count). The number of rotatable bonds is 4.